The molecule has 2 fully saturated rings. The van der Waals surface area contributed by atoms with Gasteiger partial charge in [-0.3, -0.25) is 19.3 Å². The van der Waals surface area contributed by atoms with E-state index in [9.17, 15) is 19.2 Å². The van der Waals surface area contributed by atoms with Gasteiger partial charge in [0.2, 0.25) is 5.91 Å². The van der Waals surface area contributed by atoms with Crippen LogP contribution >= 0.6 is 0 Å². The zero-order chi connectivity index (χ0) is 25.1. The quantitative estimate of drug-likeness (QED) is 0.341. The number of hydrogen-bond acceptors (Lipinski definition) is 7. The molecule has 2 heterocycles. The van der Waals surface area contributed by atoms with E-state index in [1.807, 2.05) is 0 Å². The number of esters is 1. The van der Waals surface area contributed by atoms with Crippen molar-refractivity contribution >= 4 is 29.3 Å². The molecular formula is C27H30N2O6. The highest BCUT2D eigenvalue weighted by atomic mass is 16.5. The van der Waals surface area contributed by atoms with Gasteiger partial charge in [0.15, 0.2) is 12.4 Å². The van der Waals surface area contributed by atoms with Crippen LogP contribution in [0.4, 0.5) is 5.69 Å². The Bertz CT molecular complexity index is 1120. The number of likely N-dealkylation sites (tertiary alicyclic amines) is 1. The van der Waals surface area contributed by atoms with Gasteiger partial charge in [0.25, 0.3) is 5.91 Å². The van der Waals surface area contributed by atoms with E-state index in [0.29, 0.717) is 17.0 Å². The molecule has 4 rings (SSSR count). The maximum absolute atomic E-state index is 13.2. The number of rotatable bonds is 7. The molecular weight excluding hydrogens is 448 g/mol. The first-order chi connectivity index (χ1) is 16.8. The molecule has 0 aromatic heterocycles. The molecule has 3 atom stereocenters. The van der Waals surface area contributed by atoms with Crippen LogP contribution in [0.5, 0.6) is 5.75 Å². The van der Waals surface area contributed by atoms with Gasteiger partial charge < -0.3 is 9.47 Å². The third kappa shape index (κ3) is 5.12. The number of methoxy groups -OCH3 is 1. The molecule has 2 aromatic carbocycles. The molecule has 184 valence electrons. The molecule has 8 nitrogen and oxygen atoms in total. The van der Waals surface area contributed by atoms with Crippen LogP contribution in [0.1, 0.15) is 60.2 Å². The Morgan fingerprint density at radius 3 is 2.31 bits per heavy atom. The average molecular weight is 479 g/mol. The molecule has 0 spiro atoms. The molecule has 2 aromatic rings. The third-order valence-electron chi connectivity index (χ3n) is 6.83. The molecule has 2 aliphatic heterocycles. The van der Waals surface area contributed by atoms with Crippen molar-refractivity contribution in [3.8, 4) is 5.75 Å². The van der Waals surface area contributed by atoms with Gasteiger partial charge in [-0.1, -0.05) is 18.6 Å². The van der Waals surface area contributed by atoms with Crippen molar-refractivity contribution in [3.05, 3.63) is 59.7 Å². The lowest BCUT2D eigenvalue weighted by molar-refractivity contribution is -0.124. The van der Waals surface area contributed by atoms with Crippen molar-refractivity contribution in [2.24, 2.45) is 0 Å². The van der Waals surface area contributed by atoms with Crippen molar-refractivity contribution in [2.45, 2.75) is 57.7 Å². The van der Waals surface area contributed by atoms with Crippen molar-refractivity contribution < 1.29 is 28.7 Å². The number of benzene rings is 2. The fourth-order valence-corrected chi connectivity index (χ4v) is 5.02. The van der Waals surface area contributed by atoms with Gasteiger partial charge in [-0.25, -0.2) is 9.69 Å². The van der Waals surface area contributed by atoms with E-state index in [2.05, 4.69) is 18.7 Å². The summed E-state index contributed by atoms with van der Waals surface area (Å²) >= 11 is 0. The Morgan fingerprint density at radius 2 is 1.66 bits per heavy atom. The van der Waals surface area contributed by atoms with Gasteiger partial charge in [-0.05, 0) is 63.1 Å². The first-order valence-electron chi connectivity index (χ1n) is 11.9. The second kappa shape index (κ2) is 10.4. The molecule has 8 heteroatoms. The number of anilines is 1. The van der Waals surface area contributed by atoms with Crippen molar-refractivity contribution in [1.82, 2.24) is 4.90 Å². The number of piperidine rings is 1. The number of carbonyl (C=O) groups is 4. The summed E-state index contributed by atoms with van der Waals surface area (Å²) < 4.78 is 10.3. The van der Waals surface area contributed by atoms with Crippen LogP contribution in [0.25, 0.3) is 0 Å². The van der Waals surface area contributed by atoms with Gasteiger partial charge >= 0.3 is 5.97 Å². The monoisotopic (exact) mass is 478 g/mol. The number of imide groups is 1. The van der Waals surface area contributed by atoms with E-state index in [0.717, 1.165) is 19.3 Å². The largest absolute Gasteiger partial charge is 0.497 e. The Kier molecular flexibility index (Phi) is 7.31. The van der Waals surface area contributed by atoms with Crippen molar-refractivity contribution in [3.63, 3.8) is 0 Å². The number of amides is 2. The number of ketones is 1. The summed E-state index contributed by atoms with van der Waals surface area (Å²) in [6.45, 7) is 3.80. The Hall–Kier alpha value is -3.52. The molecule has 0 aliphatic carbocycles. The molecule has 0 N–H and O–H groups in total. The summed E-state index contributed by atoms with van der Waals surface area (Å²) in [5, 5.41) is 0. The SMILES string of the molecule is COc1cccc(C(=O)COC(=O)c2ccc(N3C(=O)CC(N4[C@H](C)CCC[C@@H]4C)C3=O)cc2)c1. The fraction of sp³-hybridized carbons (Fsp3) is 0.407. The minimum atomic E-state index is -0.666. The highest BCUT2D eigenvalue weighted by molar-refractivity contribution is 6.22. The zero-order valence-electron chi connectivity index (χ0n) is 20.2. The fourth-order valence-electron chi connectivity index (χ4n) is 5.02. The van der Waals surface area contributed by atoms with E-state index in [-0.39, 0.29) is 41.7 Å². The predicted octanol–water partition coefficient (Wildman–Crippen LogP) is 3.63. The number of hydrogen-bond donors (Lipinski definition) is 0. The van der Waals surface area contributed by atoms with Crippen molar-refractivity contribution in [1.29, 1.82) is 0 Å². The van der Waals surface area contributed by atoms with Crippen LogP contribution < -0.4 is 9.64 Å². The number of carbonyl (C=O) groups excluding carboxylic acids is 4. The topological polar surface area (TPSA) is 93.2 Å². The Balaban J connectivity index is 1.40. The summed E-state index contributed by atoms with van der Waals surface area (Å²) in [6, 6.07) is 12.7. The van der Waals surface area contributed by atoms with E-state index < -0.39 is 18.6 Å². The van der Waals surface area contributed by atoms with E-state index in [1.165, 1.54) is 24.1 Å². The molecule has 2 amide bonds. The average Bonchev–Trinajstić information content (AvgIpc) is 3.15. The standard InChI is InChI=1S/C27H30N2O6/c1-17-6-4-7-18(2)28(17)23-15-25(31)29(26(23)32)21-12-10-19(11-13-21)27(33)35-16-24(30)20-8-5-9-22(14-20)34-3/h5,8-14,17-18,23H,4,6-7,15-16H2,1-3H3/t17-,18+,23?. The van der Waals surface area contributed by atoms with Crippen LogP contribution in [0, 0.1) is 0 Å². The smallest absolute Gasteiger partial charge is 0.338 e. The van der Waals surface area contributed by atoms with Crippen LogP contribution in [0.15, 0.2) is 48.5 Å². The van der Waals surface area contributed by atoms with Crippen LogP contribution in [0.2, 0.25) is 0 Å². The number of ether oxygens (including phenoxy) is 2. The molecule has 0 radical (unpaired) electrons. The molecule has 0 bridgehead atoms. The van der Waals surface area contributed by atoms with Gasteiger partial charge in [0.1, 0.15) is 5.75 Å². The maximum Gasteiger partial charge on any atom is 0.338 e. The lowest BCUT2D eigenvalue weighted by atomic mass is 9.94. The van der Waals surface area contributed by atoms with Gasteiger partial charge in [-0.15, -0.1) is 0 Å². The van der Waals surface area contributed by atoms with E-state index >= 15 is 0 Å². The van der Waals surface area contributed by atoms with Crippen LogP contribution in [-0.2, 0) is 14.3 Å². The number of Topliss-reactive ketones (excluding diaryl/α,β-unsaturated/α-hetero) is 1. The summed E-state index contributed by atoms with van der Waals surface area (Å²) in [5.74, 6) is -0.954. The molecule has 0 saturated carbocycles. The summed E-state index contributed by atoms with van der Waals surface area (Å²) in [5.41, 5.74) is 1.02. The molecule has 2 aliphatic rings. The summed E-state index contributed by atoms with van der Waals surface area (Å²) in [7, 11) is 1.51. The second-order valence-corrected chi connectivity index (χ2v) is 9.14. The predicted molar refractivity (Wildman–Crippen MR) is 130 cm³/mol. The second-order valence-electron chi connectivity index (χ2n) is 9.14. The Morgan fingerprint density at radius 1 is 0.971 bits per heavy atom. The summed E-state index contributed by atoms with van der Waals surface area (Å²) in [6.07, 6.45) is 3.31. The molecule has 2 saturated heterocycles. The third-order valence-corrected chi connectivity index (χ3v) is 6.83. The van der Waals surface area contributed by atoms with E-state index in [4.69, 9.17) is 9.47 Å². The molecule has 35 heavy (non-hydrogen) atoms. The molecule has 1 unspecified atom stereocenters. The van der Waals surface area contributed by atoms with Gasteiger partial charge in [0, 0.05) is 17.6 Å². The van der Waals surface area contributed by atoms with Crippen LogP contribution in [-0.4, -0.2) is 60.3 Å². The van der Waals surface area contributed by atoms with Gasteiger partial charge in [-0.2, -0.15) is 0 Å². The Labute approximate surface area is 204 Å². The highest BCUT2D eigenvalue weighted by Crippen LogP contribution is 2.32. The lowest BCUT2D eigenvalue weighted by Crippen LogP contribution is -2.52. The first-order valence-corrected chi connectivity index (χ1v) is 11.9. The zero-order valence-corrected chi connectivity index (χ0v) is 20.2. The minimum Gasteiger partial charge on any atom is -0.497 e. The van der Waals surface area contributed by atoms with Gasteiger partial charge in [0.05, 0.1) is 30.8 Å². The van der Waals surface area contributed by atoms with Crippen molar-refractivity contribution in [2.75, 3.05) is 18.6 Å². The van der Waals surface area contributed by atoms with E-state index in [1.54, 1.807) is 36.4 Å². The maximum atomic E-state index is 13.2. The summed E-state index contributed by atoms with van der Waals surface area (Å²) in [4.78, 5) is 54.1. The highest BCUT2D eigenvalue weighted by Gasteiger charge is 2.46. The normalized spacial score (nSPS) is 22.8. The minimum absolute atomic E-state index is 0.156. The van der Waals surface area contributed by atoms with Crippen LogP contribution in [0.3, 0.4) is 0 Å². The lowest BCUT2D eigenvalue weighted by Gasteiger charge is -2.41. The first kappa shape index (κ1) is 24.6. The number of nitrogens with zero attached hydrogens (tertiary/aromatic N) is 2.